The van der Waals surface area contributed by atoms with Crippen LogP contribution in [0.4, 0.5) is 11.8 Å². The zero-order chi connectivity index (χ0) is 11.4. The molecule has 0 amide bonds. The predicted octanol–water partition coefficient (Wildman–Crippen LogP) is 0.360. The molecule has 1 aromatic rings. The molecule has 0 aliphatic rings. The Morgan fingerprint density at radius 2 is 2.07 bits per heavy atom. The summed E-state index contributed by atoms with van der Waals surface area (Å²) < 4.78 is 0. The van der Waals surface area contributed by atoms with Gasteiger partial charge in [0.2, 0.25) is 5.95 Å². The highest BCUT2D eigenvalue weighted by Crippen LogP contribution is 2.13. The van der Waals surface area contributed by atoms with Gasteiger partial charge in [0.25, 0.3) is 0 Å². The smallest absolute Gasteiger partial charge is 0.226 e. The summed E-state index contributed by atoms with van der Waals surface area (Å²) in [6.45, 7) is 2.05. The lowest BCUT2D eigenvalue weighted by Crippen LogP contribution is -2.32. The van der Waals surface area contributed by atoms with Crippen LogP contribution in [0.5, 0.6) is 0 Å². The van der Waals surface area contributed by atoms with Crippen LogP contribution in [0.3, 0.4) is 0 Å². The minimum Gasteiger partial charge on any atom is -0.394 e. The molecule has 0 aliphatic heterocycles. The molecule has 0 saturated heterocycles. The van der Waals surface area contributed by atoms with Crippen LogP contribution < -0.4 is 9.80 Å². The number of aromatic nitrogens is 2. The molecule has 0 radical (unpaired) electrons. The fraction of sp³-hybridized carbons (Fsp3) is 0.600. The Hall–Kier alpha value is -1.36. The zero-order valence-corrected chi connectivity index (χ0v) is 9.68. The maximum Gasteiger partial charge on any atom is 0.226 e. The topological polar surface area (TPSA) is 52.5 Å². The van der Waals surface area contributed by atoms with Crippen molar-refractivity contribution >= 4 is 11.8 Å². The first-order valence-corrected chi connectivity index (χ1v) is 4.90. The van der Waals surface area contributed by atoms with Crippen molar-refractivity contribution < 1.29 is 5.11 Å². The van der Waals surface area contributed by atoms with Crippen LogP contribution in [0.2, 0.25) is 0 Å². The molecule has 0 bridgehead atoms. The Morgan fingerprint density at radius 1 is 1.40 bits per heavy atom. The van der Waals surface area contributed by atoms with Crippen LogP contribution in [-0.4, -0.2) is 48.9 Å². The van der Waals surface area contributed by atoms with Gasteiger partial charge in [-0.2, -0.15) is 4.98 Å². The van der Waals surface area contributed by atoms with Crippen molar-refractivity contribution in [3.8, 4) is 0 Å². The summed E-state index contributed by atoms with van der Waals surface area (Å²) in [4.78, 5) is 12.3. The number of aliphatic hydroxyl groups is 1. The van der Waals surface area contributed by atoms with Crippen molar-refractivity contribution in [2.24, 2.45) is 0 Å². The number of hydrogen-bond donors (Lipinski definition) is 1. The highest BCUT2D eigenvalue weighted by Gasteiger charge is 2.11. The van der Waals surface area contributed by atoms with Crippen LogP contribution in [0.15, 0.2) is 12.3 Å². The second kappa shape index (κ2) is 4.93. The predicted molar refractivity (Wildman–Crippen MR) is 61.3 cm³/mol. The number of rotatable bonds is 4. The molecule has 0 aromatic carbocycles. The summed E-state index contributed by atoms with van der Waals surface area (Å²) in [7, 11) is 5.70. The Kier molecular flexibility index (Phi) is 3.85. The Balaban J connectivity index is 2.90. The summed E-state index contributed by atoms with van der Waals surface area (Å²) in [5.74, 6) is 1.49. The van der Waals surface area contributed by atoms with Crippen molar-refractivity contribution in [3.63, 3.8) is 0 Å². The van der Waals surface area contributed by atoms with Crippen molar-refractivity contribution in [1.29, 1.82) is 0 Å². The number of nitrogens with zero attached hydrogens (tertiary/aromatic N) is 4. The monoisotopic (exact) mass is 210 g/mol. The lowest BCUT2D eigenvalue weighted by Gasteiger charge is -2.24. The number of aliphatic hydroxyl groups excluding tert-OH is 1. The second-order valence-electron chi connectivity index (χ2n) is 3.75. The minimum absolute atomic E-state index is 0.0508. The quantitative estimate of drug-likeness (QED) is 0.777. The van der Waals surface area contributed by atoms with E-state index in [1.54, 1.807) is 6.20 Å². The molecular weight excluding hydrogens is 192 g/mol. The number of likely N-dealkylation sites (N-methyl/N-ethyl adjacent to an activating group) is 1. The largest absolute Gasteiger partial charge is 0.394 e. The van der Waals surface area contributed by atoms with Gasteiger partial charge in [0.1, 0.15) is 5.82 Å². The molecule has 0 spiro atoms. The van der Waals surface area contributed by atoms with E-state index in [-0.39, 0.29) is 12.6 Å². The Labute approximate surface area is 90.4 Å². The third-order valence-electron chi connectivity index (χ3n) is 2.31. The summed E-state index contributed by atoms with van der Waals surface area (Å²) in [6, 6.07) is 1.88. The van der Waals surface area contributed by atoms with Crippen LogP contribution in [0, 0.1) is 0 Å². The van der Waals surface area contributed by atoms with Crippen molar-refractivity contribution in [1.82, 2.24) is 9.97 Å². The molecule has 1 aromatic heterocycles. The molecule has 0 aliphatic carbocycles. The maximum atomic E-state index is 9.05. The molecule has 84 valence electrons. The van der Waals surface area contributed by atoms with Crippen LogP contribution in [0.25, 0.3) is 0 Å². The van der Waals surface area contributed by atoms with E-state index >= 15 is 0 Å². The maximum absolute atomic E-state index is 9.05. The molecule has 1 unspecified atom stereocenters. The first-order valence-electron chi connectivity index (χ1n) is 4.90. The summed E-state index contributed by atoms with van der Waals surface area (Å²) in [6.07, 6.45) is 1.72. The summed E-state index contributed by atoms with van der Waals surface area (Å²) in [5, 5.41) is 9.05. The lowest BCUT2D eigenvalue weighted by atomic mass is 10.3. The molecular formula is C10H18N4O. The average Bonchev–Trinajstić information content (AvgIpc) is 2.27. The van der Waals surface area contributed by atoms with Gasteiger partial charge in [-0.1, -0.05) is 0 Å². The SMILES string of the molecule is CC(CO)N(C)c1ccnc(N(C)C)n1. The molecule has 0 saturated carbocycles. The lowest BCUT2D eigenvalue weighted by molar-refractivity contribution is 0.270. The van der Waals surface area contributed by atoms with E-state index in [1.165, 1.54) is 0 Å². The summed E-state index contributed by atoms with van der Waals surface area (Å²) >= 11 is 0. The molecule has 1 N–H and O–H groups in total. The fourth-order valence-corrected chi connectivity index (χ4v) is 1.10. The molecule has 1 heterocycles. The zero-order valence-electron chi connectivity index (χ0n) is 9.68. The van der Waals surface area contributed by atoms with E-state index in [9.17, 15) is 0 Å². The highest BCUT2D eigenvalue weighted by molar-refractivity contribution is 5.43. The third kappa shape index (κ3) is 2.79. The Morgan fingerprint density at radius 3 is 2.60 bits per heavy atom. The van der Waals surface area contributed by atoms with Crippen molar-refractivity contribution in [2.45, 2.75) is 13.0 Å². The van der Waals surface area contributed by atoms with Gasteiger partial charge in [-0.05, 0) is 13.0 Å². The van der Waals surface area contributed by atoms with Gasteiger partial charge in [0, 0.05) is 27.3 Å². The van der Waals surface area contributed by atoms with Gasteiger partial charge in [0.05, 0.1) is 12.6 Å². The normalized spacial score (nSPS) is 12.3. The van der Waals surface area contributed by atoms with Gasteiger partial charge in [0.15, 0.2) is 0 Å². The van der Waals surface area contributed by atoms with Crippen LogP contribution in [-0.2, 0) is 0 Å². The van der Waals surface area contributed by atoms with E-state index in [1.807, 2.05) is 43.9 Å². The minimum atomic E-state index is 0.0508. The molecule has 5 nitrogen and oxygen atoms in total. The van der Waals surface area contributed by atoms with Gasteiger partial charge in [-0.3, -0.25) is 0 Å². The average molecular weight is 210 g/mol. The standard InChI is InChI=1S/C10H18N4O/c1-8(7-15)14(4)9-5-6-11-10(12-9)13(2)3/h5-6,8,15H,7H2,1-4H3. The molecule has 0 fully saturated rings. The summed E-state index contributed by atoms with van der Waals surface area (Å²) in [5.41, 5.74) is 0. The van der Waals surface area contributed by atoms with E-state index in [4.69, 9.17) is 5.11 Å². The first kappa shape index (κ1) is 11.7. The number of hydrogen-bond acceptors (Lipinski definition) is 5. The van der Waals surface area contributed by atoms with Crippen molar-refractivity contribution in [3.05, 3.63) is 12.3 Å². The molecule has 1 atom stereocenters. The van der Waals surface area contributed by atoms with E-state index in [0.717, 1.165) is 5.82 Å². The van der Waals surface area contributed by atoms with Crippen LogP contribution >= 0.6 is 0 Å². The molecule has 15 heavy (non-hydrogen) atoms. The van der Waals surface area contributed by atoms with E-state index < -0.39 is 0 Å². The molecule has 5 heteroatoms. The van der Waals surface area contributed by atoms with Crippen LogP contribution in [0.1, 0.15) is 6.92 Å². The number of anilines is 2. The fourth-order valence-electron chi connectivity index (χ4n) is 1.10. The molecule has 1 rings (SSSR count). The van der Waals surface area contributed by atoms with Gasteiger partial charge >= 0.3 is 0 Å². The van der Waals surface area contributed by atoms with Gasteiger partial charge < -0.3 is 14.9 Å². The Bertz CT molecular complexity index is 316. The van der Waals surface area contributed by atoms with Crippen molar-refractivity contribution in [2.75, 3.05) is 37.5 Å². The first-order chi connectivity index (χ1) is 7.06. The second-order valence-corrected chi connectivity index (χ2v) is 3.75. The highest BCUT2D eigenvalue weighted by atomic mass is 16.3. The van der Waals surface area contributed by atoms with Gasteiger partial charge in [-0.15, -0.1) is 0 Å². The van der Waals surface area contributed by atoms with E-state index in [2.05, 4.69) is 9.97 Å². The van der Waals surface area contributed by atoms with E-state index in [0.29, 0.717) is 5.95 Å². The van der Waals surface area contributed by atoms with Gasteiger partial charge in [-0.25, -0.2) is 4.98 Å². The third-order valence-corrected chi connectivity index (χ3v) is 2.31.